The molecule has 0 bridgehead atoms. The predicted octanol–water partition coefficient (Wildman–Crippen LogP) is 4.83. The van der Waals surface area contributed by atoms with E-state index in [0.717, 1.165) is 6.08 Å². The topological polar surface area (TPSA) is 35.5 Å². The standard InChI is InChI=1S/C13H8Cl3F3O3/c1-5(14)21-12(20)8-3-6-2-7(15)4-9(16)10(6)22-11(8)13(17,18)19/h2-5,11H,1H3/t5?,11-/m0/s1. The Morgan fingerprint density at radius 3 is 2.55 bits per heavy atom. The van der Waals surface area contributed by atoms with Crippen molar-refractivity contribution in [3.05, 3.63) is 33.3 Å². The Hall–Kier alpha value is -1.11. The molecule has 0 saturated heterocycles. The first kappa shape index (κ1) is 17.2. The Labute approximate surface area is 138 Å². The number of carbonyl (C=O) groups excluding carboxylic acids is 1. The van der Waals surface area contributed by atoms with Gasteiger partial charge in [-0.3, -0.25) is 0 Å². The summed E-state index contributed by atoms with van der Waals surface area (Å²) in [7, 11) is 0. The third-order valence-electron chi connectivity index (χ3n) is 2.67. The molecule has 1 aliphatic rings. The number of benzene rings is 1. The molecule has 120 valence electrons. The van der Waals surface area contributed by atoms with Crippen LogP contribution in [0.5, 0.6) is 5.75 Å². The van der Waals surface area contributed by atoms with Gasteiger partial charge in [-0.2, -0.15) is 13.2 Å². The van der Waals surface area contributed by atoms with Gasteiger partial charge >= 0.3 is 12.1 Å². The molecule has 9 heteroatoms. The third kappa shape index (κ3) is 3.62. The molecule has 22 heavy (non-hydrogen) atoms. The summed E-state index contributed by atoms with van der Waals surface area (Å²) in [4.78, 5) is 11.8. The van der Waals surface area contributed by atoms with Gasteiger partial charge in [0.25, 0.3) is 0 Å². The van der Waals surface area contributed by atoms with Crippen molar-refractivity contribution < 1.29 is 27.4 Å². The van der Waals surface area contributed by atoms with Crippen LogP contribution in [0.4, 0.5) is 13.2 Å². The molecule has 0 fully saturated rings. The van der Waals surface area contributed by atoms with E-state index in [-0.39, 0.29) is 21.4 Å². The lowest BCUT2D eigenvalue weighted by molar-refractivity contribution is -0.188. The molecule has 0 saturated carbocycles. The predicted molar refractivity (Wildman–Crippen MR) is 76.3 cm³/mol. The van der Waals surface area contributed by atoms with Crippen LogP contribution in [0.1, 0.15) is 12.5 Å². The molecule has 0 N–H and O–H groups in total. The minimum Gasteiger partial charge on any atom is -0.474 e. The molecule has 0 aromatic heterocycles. The summed E-state index contributed by atoms with van der Waals surface area (Å²) < 4.78 is 48.8. The fraction of sp³-hybridized carbons (Fsp3) is 0.308. The van der Waals surface area contributed by atoms with Crippen molar-refractivity contribution in [2.75, 3.05) is 0 Å². The SMILES string of the molecule is CC(Cl)OC(=O)C1=Cc2cc(Cl)cc(Cl)c2O[C@@H]1C(F)(F)F. The van der Waals surface area contributed by atoms with E-state index >= 15 is 0 Å². The van der Waals surface area contributed by atoms with Crippen LogP contribution in [-0.4, -0.2) is 23.8 Å². The summed E-state index contributed by atoms with van der Waals surface area (Å²) in [5.74, 6) is -1.43. The van der Waals surface area contributed by atoms with Gasteiger partial charge < -0.3 is 9.47 Å². The molecule has 1 aromatic carbocycles. The van der Waals surface area contributed by atoms with Gasteiger partial charge in [0.05, 0.1) is 10.6 Å². The molecule has 3 nitrogen and oxygen atoms in total. The number of esters is 1. The summed E-state index contributed by atoms with van der Waals surface area (Å²) in [6.07, 6.45) is -6.35. The summed E-state index contributed by atoms with van der Waals surface area (Å²) >= 11 is 17.1. The van der Waals surface area contributed by atoms with Gasteiger partial charge in [-0.1, -0.05) is 34.8 Å². The van der Waals surface area contributed by atoms with E-state index in [1.165, 1.54) is 19.1 Å². The van der Waals surface area contributed by atoms with E-state index in [1.54, 1.807) is 0 Å². The lowest BCUT2D eigenvalue weighted by Crippen LogP contribution is -2.41. The van der Waals surface area contributed by atoms with Gasteiger partial charge in [-0.05, 0) is 25.1 Å². The van der Waals surface area contributed by atoms with E-state index in [9.17, 15) is 18.0 Å². The minimum atomic E-state index is -4.83. The fourth-order valence-corrected chi connectivity index (χ4v) is 2.50. The molecule has 1 aromatic rings. The first-order valence-electron chi connectivity index (χ1n) is 5.88. The maximum Gasteiger partial charge on any atom is 0.430 e. The highest BCUT2D eigenvalue weighted by atomic mass is 35.5. The second kappa shape index (κ2) is 6.18. The van der Waals surface area contributed by atoms with Gasteiger partial charge in [0.1, 0.15) is 5.75 Å². The maximum absolute atomic E-state index is 13.1. The van der Waals surface area contributed by atoms with E-state index in [0.29, 0.717) is 0 Å². The molecule has 2 atom stereocenters. The average Bonchev–Trinajstić information content (AvgIpc) is 2.35. The monoisotopic (exact) mass is 374 g/mol. The molecule has 1 unspecified atom stereocenters. The Kier molecular flexibility index (Phi) is 4.84. The van der Waals surface area contributed by atoms with Crippen molar-refractivity contribution in [2.24, 2.45) is 0 Å². The number of alkyl halides is 4. The summed E-state index contributed by atoms with van der Waals surface area (Å²) in [5.41, 5.74) is -1.68. The van der Waals surface area contributed by atoms with Crippen molar-refractivity contribution in [2.45, 2.75) is 24.8 Å². The highest BCUT2D eigenvalue weighted by molar-refractivity contribution is 6.36. The zero-order chi connectivity index (χ0) is 16.7. The van der Waals surface area contributed by atoms with Crippen molar-refractivity contribution in [3.8, 4) is 5.75 Å². The summed E-state index contributed by atoms with van der Waals surface area (Å²) in [6, 6.07) is 2.57. The van der Waals surface area contributed by atoms with Crippen LogP contribution < -0.4 is 4.74 Å². The Morgan fingerprint density at radius 1 is 1.36 bits per heavy atom. The molecule has 1 aliphatic heterocycles. The minimum absolute atomic E-state index is 0.0915. The largest absolute Gasteiger partial charge is 0.474 e. The molecule has 0 aliphatic carbocycles. The Balaban J connectivity index is 2.53. The van der Waals surface area contributed by atoms with E-state index in [1.807, 2.05) is 0 Å². The van der Waals surface area contributed by atoms with Crippen LogP contribution >= 0.6 is 34.8 Å². The van der Waals surface area contributed by atoms with E-state index in [2.05, 4.69) is 4.74 Å². The van der Waals surface area contributed by atoms with Crippen molar-refractivity contribution in [1.82, 2.24) is 0 Å². The lowest BCUT2D eigenvalue weighted by Gasteiger charge is -2.28. The first-order valence-corrected chi connectivity index (χ1v) is 7.08. The average molecular weight is 376 g/mol. The number of rotatable bonds is 2. The van der Waals surface area contributed by atoms with Gasteiger partial charge in [-0.15, -0.1) is 0 Å². The molecule has 0 amide bonds. The van der Waals surface area contributed by atoms with Gasteiger partial charge in [0.15, 0.2) is 5.56 Å². The van der Waals surface area contributed by atoms with E-state index < -0.39 is 29.4 Å². The highest BCUT2D eigenvalue weighted by Gasteiger charge is 2.49. The Morgan fingerprint density at radius 2 is 2.00 bits per heavy atom. The molecular formula is C13H8Cl3F3O3. The first-order chi connectivity index (χ1) is 10.1. The quantitative estimate of drug-likeness (QED) is 0.549. The van der Waals surface area contributed by atoms with Crippen LogP contribution in [0, 0.1) is 0 Å². The zero-order valence-corrected chi connectivity index (χ0v) is 13.1. The van der Waals surface area contributed by atoms with Crippen LogP contribution in [0.25, 0.3) is 6.08 Å². The number of carbonyl (C=O) groups is 1. The molecule has 1 heterocycles. The van der Waals surface area contributed by atoms with Gasteiger partial charge in [0.2, 0.25) is 6.10 Å². The highest BCUT2D eigenvalue weighted by Crippen LogP contribution is 2.42. The molecular weight excluding hydrogens is 367 g/mol. The summed E-state index contributed by atoms with van der Waals surface area (Å²) in [6.45, 7) is 1.30. The second-order valence-electron chi connectivity index (χ2n) is 4.39. The molecule has 0 radical (unpaired) electrons. The van der Waals surface area contributed by atoms with Crippen molar-refractivity contribution in [1.29, 1.82) is 0 Å². The van der Waals surface area contributed by atoms with Crippen LogP contribution in [0.2, 0.25) is 10.0 Å². The third-order valence-corrected chi connectivity index (χ3v) is 3.26. The molecule has 0 spiro atoms. The normalized spacial score (nSPS) is 18.9. The van der Waals surface area contributed by atoms with Crippen LogP contribution in [0.15, 0.2) is 17.7 Å². The number of hydrogen-bond donors (Lipinski definition) is 0. The van der Waals surface area contributed by atoms with E-state index in [4.69, 9.17) is 39.5 Å². The number of ether oxygens (including phenoxy) is 2. The maximum atomic E-state index is 13.1. The Bertz CT molecular complexity index is 641. The van der Waals surface area contributed by atoms with Gasteiger partial charge in [0, 0.05) is 10.6 Å². The van der Waals surface area contributed by atoms with Crippen molar-refractivity contribution >= 4 is 46.8 Å². The lowest BCUT2D eigenvalue weighted by atomic mass is 10.0. The second-order valence-corrected chi connectivity index (χ2v) is 5.85. The number of fused-ring (bicyclic) bond motifs is 1. The summed E-state index contributed by atoms with van der Waals surface area (Å²) in [5, 5.41) is 0.0959. The zero-order valence-electron chi connectivity index (χ0n) is 10.9. The smallest absolute Gasteiger partial charge is 0.430 e. The van der Waals surface area contributed by atoms with Crippen LogP contribution in [-0.2, 0) is 9.53 Å². The molecule has 2 rings (SSSR count). The van der Waals surface area contributed by atoms with Crippen molar-refractivity contribution in [3.63, 3.8) is 0 Å². The fourth-order valence-electron chi connectivity index (χ4n) is 1.86. The number of hydrogen-bond acceptors (Lipinski definition) is 3. The van der Waals surface area contributed by atoms with Gasteiger partial charge in [-0.25, -0.2) is 4.79 Å². The van der Waals surface area contributed by atoms with Crippen LogP contribution in [0.3, 0.4) is 0 Å². The number of halogens is 6.